The van der Waals surface area contributed by atoms with Crippen LogP contribution in [0.3, 0.4) is 0 Å². The van der Waals surface area contributed by atoms with Gasteiger partial charge in [0.1, 0.15) is 0 Å². The molecule has 2 aromatic rings. The fourth-order valence-corrected chi connectivity index (χ4v) is 7.24. The largest absolute Gasteiger partial charge is 0.371 e. The van der Waals surface area contributed by atoms with Crippen LogP contribution in [0.1, 0.15) is 80.8 Å². The minimum absolute atomic E-state index is 0.0340. The van der Waals surface area contributed by atoms with Crippen LogP contribution < -0.4 is 4.90 Å². The van der Waals surface area contributed by atoms with Crippen LogP contribution in [0.15, 0.2) is 42.5 Å². The Labute approximate surface area is 266 Å². The monoisotopic (exact) mass is 631 g/mol. The van der Waals surface area contributed by atoms with E-state index in [0.717, 1.165) is 56.4 Å². The lowest BCUT2D eigenvalue weighted by Crippen LogP contribution is -2.60. The number of nitrogens with zero attached hydrogens (tertiary/aromatic N) is 3. The van der Waals surface area contributed by atoms with E-state index in [1.807, 2.05) is 25.1 Å². The maximum Gasteiger partial charge on any atom is 0.289 e. The Hall–Kier alpha value is -2.71. The van der Waals surface area contributed by atoms with Gasteiger partial charge in [0.25, 0.3) is 17.7 Å². The number of rotatable bonds is 10. The minimum Gasteiger partial charge on any atom is -0.371 e. The van der Waals surface area contributed by atoms with Crippen LogP contribution in [0.25, 0.3) is 0 Å². The molecular weight excluding hydrogens is 584 g/mol. The molecule has 2 aliphatic rings. The van der Waals surface area contributed by atoms with Crippen molar-refractivity contribution in [2.75, 3.05) is 52.3 Å². The average molecular weight is 632 g/mol. The Morgan fingerprint density at radius 2 is 1.70 bits per heavy atom. The third-order valence-corrected chi connectivity index (χ3v) is 10.2. The highest BCUT2D eigenvalue weighted by atomic mass is 35.5. The summed E-state index contributed by atoms with van der Waals surface area (Å²) in [5.41, 5.74) is 0.318. The van der Waals surface area contributed by atoms with Gasteiger partial charge >= 0.3 is 0 Å². The minimum atomic E-state index is -3.37. The number of piperidine rings is 2. The van der Waals surface area contributed by atoms with E-state index in [0.29, 0.717) is 36.0 Å². The van der Waals surface area contributed by atoms with Gasteiger partial charge in [0.2, 0.25) is 5.60 Å². The molecule has 242 valence electrons. The Kier molecular flexibility index (Phi) is 10.7. The van der Waals surface area contributed by atoms with Gasteiger partial charge in [-0.2, -0.15) is 0 Å². The van der Waals surface area contributed by atoms with Crippen LogP contribution in [-0.4, -0.2) is 74.9 Å². The van der Waals surface area contributed by atoms with Crippen LogP contribution in [-0.2, 0) is 21.6 Å². The molecule has 0 unspecified atom stereocenters. The molecule has 2 aromatic carbocycles. The topological polar surface area (TPSA) is 53.1 Å². The van der Waals surface area contributed by atoms with E-state index in [1.165, 1.54) is 18.9 Å². The van der Waals surface area contributed by atoms with Gasteiger partial charge in [-0.15, -0.1) is 0 Å². The Bertz CT molecular complexity index is 1320. The quantitative estimate of drug-likeness (QED) is 0.274. The maximum absolute atomic E-state index is 15.7. The molecule has 2 saturated heterocycles. The molecule has 4 rings (SSSR count). The first-order valence-electron chi connectivity index (χ1n) is 15.9. The van der Waals surface area contributed by atoms with Gasteiger partial charge in [0.15, 0.2) is 0 Å². The smallest absolute Gasteiger partial charge is 0.289 e. The molecule has 0 bridgehead atoms. The lowest BCUT2D eigenvalue weighted by molar-refractivity contribution is -0.217. The van der Waals surface area contributed by atoms with Crippen molar-refractivity contribution in [1.82, 2.24) is 9.80 Å². The molecule has 2 amide bonds. The SMILES string of the molecule is CCc1cccc([C@@](OC)(C(=O)N2CCC(C)(CC3CCN(c4ccc(C(=O)N(C)C)c(Cl)c4)CC3)CC2)C(F)(F)CC)c1. The standard InChI is InChI=1S/C35H48ClF2N3O3/c1-7-25-10-9-11-27(22-25)35(44-6,34(37,38)8-2)32(43)41-20-16-33(3,17-21-41)24-26-14-18-40(19-15-26)28-12-13-29(30(36)23-28)31(42)39(4)5/h9-13,22-23,26H,7-8,14-21,24H2,1-6H3/t35-/m1/s1. The summed E-state index contributed by atoms with van der Waals surface area (Å²) in [6.07, 6.45) is 4.83. The first kappa shape index (κ1) is 34.2. The number of carbonyl (C=O) groups excluding carboxylic acids is 2. The molecule has 9 heteroatoms. The number of carbonyl (C=O) groups is 2. The number of halogens is 3. The van der Waals surface area contributed by atoms with Crippen LogP contribution in [0.2, 0.25) is 5.02 Å². The van der Waals surface area contributed by atoms with Crippen molar-refractivity contribution in [3.63, 3.8) is 0 Å². The number of likely N-dealkylation sites (tertiary alicyclic amines) is 1. The van der Waals surface area contributed by atoms with Gasteiger partial charge in [-0.25, -0.2) is 8.78 Å². The van der Waals surface area contributed by atoms with Crippen molar-refractivity contribution < 1.29 is 23.1 Å². The van der Waals surface area contributed by atoms with Crippen LogP contribution in [0.4, 0.5) is 14.5 Å². The Balaban J connectivity index is 1.39. The summed E-state index contributed by atoms with van der Waals surface area (Å²) in [6, 6.07) is 12.6. The molecule has 0 spiro atoms. The van der Waals surface area contributed by atoms with E-state index < -0.39 is 23.9 Å². The fourth-order valence-electron chi connectivity index (χ4n) is 6.99. The van der Waals surface area contributed by atoms with E-state index >= 15 is 8.78 Å². The Morgan fingerprint density at radius 1 is 1.05 bits per heavy atom. The second-order valence-electron chi connectivity index (χ2n) is 13.1. The summed E-state index contributed by atoms with van der Waals surface area (Å²) in [4.78, 5) is 31.8. The summed E-state index contributed by atoms with van der Waals surface area (Å²) in [6.45, 7) is 8.32. The summed E-state index contributed by atoms with van der Waals surface area (Å²) in [5, 5.41) is 0.462. The molecule has 0 radical (unpaired) electrons. The second kappa shape index (κ2) is 13.7. The van der Waals surface area contributed by atoms with Gasteiger partial charge < -0.3 is 19.4 Å². The highest BCUT2D eigenvalue weighted by Crippen LogP contribution is 2.47. The number of ether oxygens (including phenoxy) is 1. The molecule has 0 saturated carbocycles. The van der Waals surface area contributed by atoms with Crippen molar-refractivity contribution in [2.24, 2.45) is 11.3 Å². The normalized spacial score (nSPS) is 19.0. The van der Waals surface area contributed by atoms with Crippen LogP contribution in [0.5, 0.6) is 0 Å². The molecule has 1 atom stereocenters. The highest BCUT2D eigenvalue weighted by molar-refractivity contribution is 6.34. The molecule has 44 heavy (non-hydrogen) atoms. The first-order valence-corrected chi connectivity index (χ1v) is 16.3. The molecule has 0 aromatic heterocycles. The summed E-state index contributed by atoms with van der Waals surface area (Å²) < 4.78 is 37.0. The van der Waals surface area contributed by atoms with E-state index in [4.69, 9.17) is 16.3 Å². The predicted molar refractivity (Wildman–Crippen MR) is 173 cm³/mol. The number of benzene rings is 2. The van der Waals surface area contributed by atoms with Gasteiger partial charge in [0.05, 0.1) is 10.6 Å². The molecule has 2 heterocycles. The van der Waals surface area contributed by atoms with Gasteiger partial charge in [0, 0.05) is 59.5 Å². The Morgan fingerprint density at radius 3 is 2.25 bits per heavy atom. The van der Waals surface area contributed by atoms with Crippen molar-refractivity contribution >= 4 is 29.1 Å². The van der Waals surface area contributed by atoms with Crippen LogP contribution in [0, 0.1) is 11.3 Å². The molecule has 0 aliphatic carbocycles. The van der Waals surface area contributed by atoms with E-state index in [2.05, 4.69) is 11.8 Å². The van der Waals surface area contributed by atoms with E-state index in [-0.39, 0.29) is 16.9 Å². The molecule has 0 N–H and O–H groups in total. The third-order valence-electron chi connectivity index (χ3n) is 9.92. The summed E-state index contributed by atoms with van der Waals surface area (Å²) >= 11 is 6.46. The van der Waals surface area contributed by atoms with E-state index in [9.17, 15) is 9.59 Å². The van der Waals surface area contributed by atoms with Crippen LogP contribution >= 0.6 is 11.6 Å². The van der Waals surface area contributed by atoms with Gasteiger partial charge in [-0.05, 0) is 79.2 Å². The molecule has 2 aliphatic heterocycles. The fraction of sp³-hybridized carbons (Fsp3) is 0.600. The number of alkyl halides is 2. The first-order chi connectivity index (χ1) is 20.8. The lowest BCUT2D eigenvalue weighted by atomic mass is 9.71. The zero-order chi connectivity index (χ0) is 32.3. The second-order valence-corrected chi connectivity index (χ2v) is 13.5. The number of hydrogen-bond donors (Lipinski definition) is 0. The lowest BCUT2D eigenvalue weighted by Gasteiger charge is -2.46. The van der Waals surface area contributed by atoms with Crippen molar-refractivity contribution in [1.29, 1.82) is 0 Å². The third kappa shape index (κ3) is 6.76. The van der Waals surface area contributed by atoms with E-state index in [1.54, 1.807) is 43.3 Å². The van der Waals surface area contributed by atoms with Crippen molar-refractivity contribution in [3.8, 4) is 0 Å². The summed E-state index contributed by atoms with van der Waals surface area (Å²) in [5.74, 6) is -3.58. The summed E-state index contributed by atoms with van der Waals surface area (Å²) in [7, 11) is 4.65. The number of hydrogen-bond acceptors (Lipinski definition) is 4. The molecule has 2 fully saturated rings. The predicted octanol–water partition coefficient (Wildman–Crippen LogP) is 7.43. The highest BCUT2D eigenvalue weighted by Gasteiger charge is 2.61. The van der Waals surface area contributed by atoms with Crippen molar-refractivity contribution in [2.45, 2.75) is 77.2 Å². The zero-order valence-corrected chi connectivity index (χ0v) is 27.9. The number of aryl methyl sites for hydroxylation is 1. The zero-order valence-electron chi connectivity index (χ0n) is 27.1. The maximum atomic E-state index is 15.7. The van der Waals surface area contributed by atoms with Crippen molar-refractivity contribution in [3.05, 3.63) is 64.2 Å². The number of anilines is 1. The van der Waals surface area contributed by atoms with Gasteiger partial charge in [-0.3, -0.25) is 9.59 Å². The van der Waals surface area contributed by atoms with Gasteiger partial charge in [-0.1, -0.05) is 56.6 Å². The number of amides is 2. The molecular formula is C35H48ClF2N3O3. The number of methoxy groups -OCH3 is 1. The molecule has 6 nitrogen and oxygen atoms in total. The average Bonchev–Trinajstić information content (AvgIpc) is 3.01.